The van der Waals surface area contributed by atoms with Crippen LogP contribution in [-0.2, 0) is 0 Å². The van der Waals surface area contributed by atoms with Crippen LogP contribution >= 0.6 is 0 Å². The van der Waals surface area contributed by atoms with E-state index in [0.717, 1.165) is 22.9 Å². The van der Waals surface area contributed by atoms with Crippen LogP contribution in [0.25, 0.3) is 17.3 Å². The summed E-state index contributed by atoms with van der Waals surface area (Å²) in [7, 11) is 0. The fourth-order valence-electron chi connectivity index (χ4n) is 3.67. The smallest absolute Gasteiger partial charge is 0.159 e. The number of aromatic nitrogens is 1. The van der Waals surface area contributed by atoms with Crippen LogP contribution in [0.3, 0.4) is 0 Å². The van der Waals surface area contributed by atoms with Gasteiger partial charge in [0.25, 0.3) is 0 Å². The summed E-state index contributed by atoms with van der Waals surface area (Å²) in [5, 5.41) is 13.0. The molecule has 1 aromatic heterocycles. The van der Waals surface area contributed by atoms with E-state index in [1.54, 1.807) is 12.1 Å². The summed E-state index contributed by atoms with van der Waals surface area (Å²) in [6.45, 7) is 3.71. The predicted molar refractivity (Wildman–Crippen MR) is 88.3 cm³/mol. The molecule has 5 rings (SSSR count). The summed E-state index contributed by atoms with van der Waals surface area (Å²) < 4.78 is 5.43. The van der Waals surface area contributed by atoms with E-state index in [4.69, 9.17) is 9.78 Å². The molecule has 0 spiro atoms. The highest BCUT2D eigenvalue weighted by Gasteiger charge is 2.32. The molecule has 3 aliphatic heterocycles. The molecule has 116 valence electrons. The van der Waals surface area contributed by atoms with Gasteiger partial charge in [0.1, 0.15) is 5.69 Å². The van der Waals surface area contributed by atoms with E-state index in [9.17, 15) is 0 Å². The largest absolute Gasteiger partial charge is 0.356 e. The standard InChI is InChI=1S/C19H19N3O/c20-12-14-1-3-16(4-2-14)19-11-18(23-21-19)6-5-17-13-22-9-7-15(17)8-10-22/h1-6,11,15,17H,7-10,13H2. The lowest BCUT2D eigenvalue weighted by Crippen LogP contribution is -2.46. The first-order valence-electron chi connectivity index (χ1n) is 8.19. The van der Waals surface area contributed by atoms with Crippen molar-refractivity contribution in [3.8, 4) is 17.3 Å². The zero-order valence-electron chi connectivity index (χ0n) is 13.0. The molecule has 0 N–H and O–H groups in total. The molecule has 1 atom stereocenters. The van der Waals surface area contributed by atoms with Crippen molar-refractivity contribution in [1.82, 2.24) is 10.1 Å². The third-order valence-corrected chi connectivity index (χ3v) is 5.05. The molecule has 3 fully saturated rings. The lowest BCUT2D eigenvalue weighted by molar-refractivity contribution is 0.0739. The normalized spacial score (nSPS) is 26.5. The molecule has 23 heavy (non-hydrogen) atoms. The van der Waals surface area contributed by atoms with Gasteiger partial charge >= 0.3 is 0 Å². The molecule has 0 aliphatic carbocycles. The van der Waals surface area contributed by atoms with Gasteiger partial charge in [0.05, 0.1) is 11.6 Å². The van der Waals surface area contributed by atoms with Gasteiger partial charge in [-0.05, 0) is 56.0 Å². The predicted octanol–water partition coefficient (Wildman–Crippen LogP) is 3.57. The summed E-state index contributed by atoms with van der Waals surface area (Å²) in [6.07, 6.45) is 7.00. The fraction of sp³-hybridized carbons (Fsp3) is 0.368. The van der Waals surface area contributed by atoms with Crippen LogP contribution in [-0.4, -0.2) is 29.7 Å². The second-order valence-electron chi connectivity index (χ2n) is 6.46. The van der Waals surface area contributed by atoms with E-state index in [1.807, 2.05) is 18.2 Å². The Hall–Kier alpha value is -2.38. The molecule has 2 bridgehead atoms. The van der Waals surface area contributed by atoms with Crippen molar-refractivity contribution in [2.24, 2.45) is 11.8 Å². The van der Waals surface area contributed by atoms with Gasteiger partial charge in [0, 0.05) is 18.2 Å². The first-order chi connectivity index (χ1) is 11.3. The summed E-state index contributed by atoms with van der Waals surface area (Å²) in [5.74, 6) is 2.26. The van der Waals surface area contributed by atoms with Crippen LogP contribution in [0.1, 0.15) is 24.2 Å². The first-order valence-corrected chi connectivity index (χ1v) is 8.19. The quantitative estimate of drug-likeness (QED) is 0.870. The fourth-order valence-corrected chi connectivity index (χ4v) is 3.67. The van der Waals surface area contributed by atoms with E-state index in [0.29, 0.717) is 11.5 Å². The molecule has 4 heteroatoms. The number of hydrogen-bond donors (Lipinski definition) is 0. The van der Waals surface area contributed by atoms with Gasteiger partial charge in [0.15, 0.2) is 5.76 Å². The molecule has 2 aromatic rings. The Morgan fingerprint density at radius 3 is 2.65 bits per heavy atom. The monoisotopic (exact) mass is 305 g/mol. The third-order valence-electron chi connectivity index (χ3n) is 5.05. The second kappa shape index (κ2) is 6.02. The number of fused-ring (bicyclic) bond motifs is 3. The highest BCUT2D eigenvalue weighted by molar-refractivity contribution is 5.62. The molecular weight excluding hydrogens is 286 g/mol. The number of rotatable bonds is 3. The van der Waals surface area contributed by atoms with Gasteiger partial charge in [-0.2, -0.15) is 5.26 Å². The summed E-state index contributed by atoms with van der Waals surface area (Å²) in [4.78, 5) is 2.55. The topological polar surface area (TPSA) is 53.1 Å². The van der Waals surface area contributed by atoms with Crippen LogP contribution in [0.15, 0.2) is 40.9 Å². The maximum atomic E-state index is 8.85. The summed E-state index contributed by atoms with van der Waals surface area (Å²) >= 11 is 0. The number of nitriles is 1. The molecule has 0 amide bonds. The van der Waals surface area contributed by atoms with E-state index < -0.39 is 0 Å². The molecule has 4 nitrogen and oxygen atoms in total. The SMILES string of the molecule is N#Cc1ccc(-c2cc(C=CC3CN4CCC3CC4)on2)cc1. The van der Waals surface area contributed by atoms with Crippen LogP contribution < -0.4 is 0 Å². The zero-order chi connectivity index (χ0) is 15.6. The first kappa shape index (κ1) is 14.2. The molecule has 0 radical (unpaired) electrons. The van der Waals surface area contributed by atoms with Crippen molar-refractivity contribution in [2.45, 2.75) is 12.8 Å². The number of benzene rings is 1. The highest BCUT2D eigenvalue weighted by Crippen LogP contribution is 2.33. The molecular formula is C19H19N3O. The van der Waals surface area contributed by atoms with Crippen LogP contribution in [0, 0.1) is 23.2 Å². The van der Waals surface area contributed by atoms with Crippen LogP contribution in [0.4, 0.5) is 0 Å². The second-order valence-corrected chi connectivity index (χ2v) is 6.46. The van der Waals surface area contributed by atoms with E-state index in [-0.39, 0.29) is 0 Å². The average molecular weight is 305 g/mol. The zero-order valence-corrected chi connectivity index (χ0v) is 13.0. The molecule has 1 unspecified atom stereocenters. The third kappa shape index (κ3) is 2.93. The number of piperidine rings is 3. The Bertz CT molecular complexity index is 746. The van der Waals surface area contributed by atoms with Gasteiger partial charge in [-0.1, -0.05) is 23.4 Å². The van der Waals surface area contributed by atoms with Gasteiger partial charge < -0.3 is 9.42 Å². The molecule has 3 aliphatic rings. The summed E-state index contributed by atoms with van der Waals surface area (Å²) in [5.41, 5.74) is 2.43. The number of hydrogen-bond acceptors (Lipinski definition) is 4. The minimum atomic E-state index is 0.640. The van der Waals surface area contributed by atoms with Crippen molar-refractivity contribution in [3.05, 3.63) is 47.7 Å². The Balaban J connectivity index is 1.47. The van der Waals surface area contributed by atoms with E-state index >= 15 is 0 Å². The Labute approximate surface area is 136 Å². The van der Waals surface area contributed by atoms with Crippen molar-refractivity contribution in [3.63, 3.8) is 0 Å². The lowest BCUT2D eigenvalue weighted by Gasteiger charge is -2.43. The maximum absolute atomic E-state index is 8.85. The Morgan fingerprint density at radius 1 is 1.22 bits per heavy atom. The van der Waals surface area contributed by atoms with Crippen LogP contribution in [0.5, 0.6) is 0 Å². The van der Waals surface area contributed by atoms with Crippen LogP contribution in [0.2, 0.25) is 0 Å². The maximum Gasteiger partial charge on any atom is 0.159 e. The number of nitrogens with zero attached hydrogens (tertiary/aromatic N) is 3. The summed E-state index contributed by atoms with van der Waals surface area (Å²) in [6, 6.07) is 11.5. The van der Waals surface area contributed by atoms with Gasteiger partial charge in [0.2, 0.25) is 0 Å². The van der Waals surface area contributed by atoms with Crippen molar-refractivity contribution in [2.75, 3.05) is 19.6 Å². The van der Waals surface area contributed by atoms with Gasteiger partial charge in [-0.3, -0.25) is 0 Å². The van der Waals surface area contributed by atoms with Gasteiger partial charge in [-0.25, -0.2) is 0 Å². The minimum absolute atomic E-state index is 0.640. The minimum Gasteiger partial charge on any atom is -0.356 e. The van der Waals surface area contributed by atoms with Crippen molar-refractivity contribution < 1.29 is 4.52 Å². The average Bonchev–Trinajstić information content (AvgIpc) is 3.10. The van der Waals surface area contributed by atoms with E-state index in [2.05, 4.69) is 28.3 Å². The highest BCUT2D eigenvalue weighted by atomic mass is 16.5. The van der Waals surface area contributed by atoms with Gasteiger partial charge in [-0.15, -0.1) is 0 Å². The molecule has 3 saturated heterocycles. The molecule has 4 heterocycles. The Morgan fingerprint density at radius 2 is 2.00 bits per heavy atom. The molecule has 0 saturated carbocycles. The van der Waals surface area contributed by atoms with E-state index in [1.165, 1.54) is 32.5 Å². The van der Waals surface area contributed by atoms with Crippen molar-refractivity contribution >= 4 is 6.08 Å². The molecule has 1 aromatic carbocycles. The lowest BCUT2D eigenvalue weighted by atomic mass is 9.79. The van der Waals surface area contributed by atoms with Crippen molar-refractivity contribution in [1.29, 1.82) is 5.26 Å². The Kier molecular flexibility index (Phi) is 3.72.